The van der Waals surface area contributed by atoms with Gasteiger partial charge in [0.15, 0.2) is 5.13 Å². The van der Waals surface area contributed by atoms with Crippen molar-refractivity contribution >= 4 is 44.4 Å². The van der Waals surface area contributed by atoms with Crippen molar-refractivity contribution in [1.82, 2.24) is 9.88 Å². The summed E-state index contributed by atoms with van der Waals surface area (Å²) in [7, 11) is 0. The molecule has 4 rings (SSSR count). The van der Waals surface area contributed by atoms with Crippen LogP contribution in [-0.2, 0) is 9.53 Å². The van der Waals surface area contributed by atoms with Gasteiger partial charge in [0.05, 0.1) is 29.4 Å². The minimum atomic E-state index is -0.446. The van der Waals surface area contributed by atoms with Gasteiger partial charge in [0, 0.05) is 44.4 Å². The van der Waals surface area contributed by atoms with Gasteiger partial charge in [0.2, 0.25) is 0 Å². The number of benzene rings is 2. The molecule has 184 valence electrons. The fourth-order valence-corrected chi connectivity index (χ4v) is 4.86. The SMILES string of the molecule is CCOc1cccc2sc(N(CCCN3CCOCC3)C(=O)/C=C/c3ccc([N+](=O)[O-])cc3)nc12. The van der Waals surface area contributed by atoms with Crippen LogP contribution in [0.1, 0.15) is 18.9 Å². The second-order valence-corrected chi connectivity index (χ2v) is 9.02. The predicted octanol–water partition coefficient (Wildman–Crippen LogP) is 4.37. The molecule has 9 nitrogen and oxygen atoms in total. The van der Waals surface area contributed by atoms with Gasteiger partial charge in [-0.1, -0.05) is 17.4 Å². The normalized spacial score (nSPS) is 14.4. The zero-order chi connectivity index (χ0) is 24.6. The van der Waals surface area contributed by atoms with Crippen LogP contribution in [0.2, 0.25) is 0 Å². The predicted molar refractivity (Wildman–Crippen MR) is 137 cm³/mol. The number of carbonyl (C=O) groups excluding carboxylic acids is 1. The molecule has 0 spiro atoms. The summed E-state index contributed by atoms with van der Waals surface area (Å²) >= 11 is 1.46. The average molecular weight is 497 g/mol. The summed E-state index contributed by atoms with van der Waals surface area (Å²) in [6, 6.07) is 11.9. The Balaban J connectivity index is 1.54. The van der Waals surface area contributed by atoms with Gasteiger partial charge < -0.3 is 9.47 Å². The van der Waals surface area contributed by atoms with Gasteiger partial charge in [-0.15, -0.1) is 0 Å². The number of nitro benzene ring substituents is 1. The maximum Gasteiger partial charge on any atom is 0.269 e. The highest BCUT2D eigenvalue weighted by Gasteiger charge is 2.20. The van der Waals surface area contributed by atoms with Gasteiger partial charge in [-0.3, -0.25) is 24.7 Å². The summed E-state index contributed by atoms with van der Waals surface area (Å²) in [4.78, 5) is 32.5. The molecule has 0 N–H and O–H groups in total. The molecule has 1 aliphatic heterocycles. The highest BCUT2D eigenvalue weighted by Crippen LogP contribution is 2.34. The molecule has 0 atom stereocenters. The van der Waals surface area contributed by atoms with Crippen LogP contribution in [0.25, 0.3) is 16.3 Å². The highest BCUT2D eigenvalue weighted by atomic mass is 32.1. The number of nitro groups is 1. The molecule has 1 amide bonds. The van der Waals surface area contributed by atoms with E-state index in [1.165, 1.54) is 29.5 Å². The molecule has 1 aliphatic rings. The number of ether oxygens (including phenoxy) is 2. The van der Waals surface area contributed by atoms with Gasteiger partial charge in [-0.2, -0.15) is 0 Å². The van der Waals surface area contributed by atoms with Crippen molar-refractivity contribution in [2.75, 3.05) is 50.9 Å². The molecule has 1 aromatic heterocycles. The van der Waals surface area contributed by atoms with E-state index >= 15 is 0 Å². The van der Waals surface area contributed by atoms with E-state index in [0.717, 1.165) is 49.5 Å². The summed E-state index contributed by atoms with van der Waals surface area (Å²) < 4.78 is 12.1. The smallest absolute Gasteiger partial charge is 0.269 e. The number of para-hydroxylation sites is 1. The number of fused-ring (bicyclic) bond motifs is 1. The second-order valence-electron chi connectivity index (χ2n) is 8.01. The third kappa shape index (κ3) is 6.41. The number of hydrogen-bond acceptors (Lipinski definition) is 8. The molecule has 0 unspecified atom stereocenters. The third-order valence-electron chi connectivity index (χ3n) is 5.65. The molecule has 3 aromatic rings. The highest BCUT2D eigenvalue weighted by molar-refractivity contribution is 7.22. The number of rotatable bonds is 10. The lowest BCUT2D eigenvalue weighted by Crippen LogP contribution is -2.39. The van der Waals surface area contributed by atoms with E-state index in [0.29, 0.717) is 29.6 Å². The maximum absolute atomic E-state index is 13.3. The van der Waals surface area contributed by atoms with Crippen molar-refractivity contribution in [1.29, 1.82) is 0 Å². The zero-order valence-electron chi connectivity index (χ0n) is 19.6. The van der Waals surface area contributed by atoms with E-state index in [4.69, 9.17) is 14.5 Å². The van der Waals surface area contributed by atoms with E-state index in [2.05, 4.69) is 4.90 Å². The number of carbonyl (C=O) groups is 1. The Bertz CT molecular complexity index is 1190. The first-order chi connectivity index (χ1) is 17.0. The van der Waals surface area contributed by atoms with Crippen LogP contribution in [0.3, 0.4) is 0 Å². The Morgan fingerprint density at radius 3 is 2.74 bits per heavy atom. The van der Waals surface area contributed by atoms with E-state index in [-0.39, 0.29) is 11.6 Å². The zero-order valence-corrected chi connectivity index (χ0v) is 20.4. The van der Waals surface area contributed by atoms with Gasteiger partial charge in [0.1, 0.15) is 11.3 Å². The van der Waals surface area contributed by atoms with Crippen molar-refractivity contribution < 1.29 is 19.2 Å². The van der Waals surface area contributed by atoms with Crippen LogP contribution >= 0.6 is 11.3 Å². The molecular weight excluding hydrogens is 468 g/mol. The van der Waals surface area contributed by atoms with E-state index < -0.39 is 4.92 Å². The van der Waals surface area contributed by atoms with Crippen molar-refractivity contribution in [2.24, 2.45) is 0 Å². The Labute approximate surface area is 207 Å². The van der Waals surface area contributed by atoms with E-state index in [1.54, 1.807) is 23.1 Å². The Kier molecular flexibility index (Phi) is 8.40. The fourth-order valence-electron chi connectivity index (χ4n) is 3.84. The van der Waals surface area contributed by atoms with Crippen LogP contribution in [0, 0.1) is 10.1 Å². The number of anilines is 1. The molecule has 0 saturated carbocycles. The number of thiazole rings is 1. The summed E-state index contributed by atoms with van der Waals surface area (Å²) in [5, 5.41) is 11.5. The minimum absolute atomic E-state index is 0.0118. The van der Waals surface area contributed by atoms with E-state index in [1.807, 2.05) is 25.1 Å². The van der Waals surface area contributed by atoms with E-state index in [9.17, 15) is 14.9 Å². The monoisotopic (exact) mass is 496 g/mol. The van der Waals surface area contributed by atoms with Crippen molar-refractivity contribution in [2.45, 2.75) is 13.3 Å². The van der Waals surface area contributed by atoms with Crippen LogP contribution in [0.5, 0.6) is 5.75 Å². The van der Waals surface area contributed by atoms with Gasteiger partial charge in [-0.25, -0.2) is 4.98 Å². The quantitative estimate of drug-likeness (QED) is 0.233. The minimum Gasteiger partial charge on any atom is -0.492 e. The molecule has 0 bridgehead atoms. The molecule has 0 aliphatic carbocycles. The molecule has 1 fully saturated rings. The average Bonchev–Trinajstić information content (AvgIpc) is 3.31. The maximum atomic E-state index is 13.3. The van der Waals surface area contributed by atoms with Gasteiger partial charge in [0.25, 0.3) is 11.6 Å². The van der Waals surface area contributed by atoms with Crippen molar-refractivity contribution in [3.8, 4) is 5.75 Å². The molecule has 2 aromatic carbocycles. The number of hydrogen-bond donors (Lipinski definition) is 0. The first kappa shape index (κ1) is 24.8. The molecule has 2 heterocycles. The summed E-state index contributed by atoms with van der Waals surface area (Å²) in [6.45, 7) is 7.11. The lowest BCUT2D eigenvalue weighted by Gasteiger charge is -2.27. The molecular formula is C25H28N4O5S. The number of morpholine rings is 1. The number of aromatic nitrogens is 1. The molecule has 35 heavy (non-hydrogen) atoms. The number of nitrogens with zero attached hydrogens (tertiary/aromatic N) is 4. The van der Waals surface area contributed by atoms with Crippen LogP contribution in [0.4, 0.5) is 10.8 Å². The topological polar surface area (TPSA) is 98.0 Å². The summed E-state index contributed by atoms with van der Waals surface area (Å²) in [6.07, 6.45) is 3.96. The lowest BCUT2D eigenvalue weighted by atomic mass is 10.2. The molecule has 1 saturated heterocycles. The largest absolute Gasteiger partial charge is 0.492 e. The summed E-state index contributed by atoms with van der Waals surface area (Å²) in [5.74, 6) is 0.511. The van der Waals surface area contributed by atoms with Crippen molar-refractivity contribution in [3.05, 3.63) is 64.2 Å². The fraction of sp³-hybridized carbons (Fsp3) is 0.360. The second kappa shape index (κ2) is 11.9. The first-order valence-electron chi connectivity index (χ1n) is 11.6. The molecule has 0 radical (unpaired) electrons. The molecule has 10 heteroatoms. The van der Waals surface area contributed by atoms with Crippen molar-refractivity contribution in [3.63, 3.8) is 0 Å². The summed E-state index contributed by atoms with van der Waals surface area (Å²) in [5.41, 5.74) is 1.47. The van der Waals surface area contributed by atoms with Gasteiger partial charge >= 0.3 is 0 Å². The Morgan fingerprint density at radius 2 is 2.03 bits per heavy atom. The third-order valence-corrected chi connectivity index (χ3v) is 6.69. The number of amides is 1. The lowest BCUT2D eigenvalue weighted by molar-refractivity contribution is -0.384. The van der Waals surface area contributed by atoms with Crippen LogP contribution in [0.15, 0.2) is 48.5 Å². The first-order valence-corrected chi connectivity index (χ1v) is 12.4. The van der Waals surface area contributed by atoms with Crippen LogP contribution in [-0.4, -0.2) is 66.7 Å². The Hall–Kier alpha value is -3.34. The standard InChI is InChI=1S/C25H28N4O5S/c1-2-34-21-5-3-6-22-24(21)26-25(35-22)28(14-4-13-27-15-17-33-18-16-27)23(30)12-9-19-7-10-20(11-8-19)29(31)32/h3,5-12H,2,4,13-18H2,1H3/b12-9+. The van der Waals surface area contributed by atoms with Crippen LogP contribution < -0.4 is 9.64 Å². The Morgan fingerprint density at radius 1 is 1.26 bits per heavy atom. The van der Waals surface area contributed by atoms with Gasteiger partial charge in [-0.05, 0) is 49.2 Å². The number of non-ortho nitro benzene ring substituents is 1.